The molecule has 0 spiro atoms. The topological polar surface area (TPSA) is 219 Å². The molecule has 7 rings (SSSR count). The lowest BCUT2D eigenvalue weighted by molar-refractivity contribution is -0.311. The van der Waals surface area contributed by atoms with E-state index in [1.165, 1.54) is 24.3 Å². The molecule has 0 aromatic heterocycles. The van der Waals surface area contributed by atoms with Gasteiger partial charge in [0.05, 0.1) is 31.1 Å². The molecule has 2 unspecified atom stereocenters. The third kappa shape index (κ3) is 4.40. The van der Waals surface area contributed by atoms with Gasteiger partial charge in [-0.05, 0) is 69.4 Å². The quantitative estimate of drug-likeness (QED) is 0.0958. The first kappa shape index (κ1) is 31.2. The molecule has 14 heteroatoms. The standard InChI is InChI=1S/C35H24N2O12/c1-49-25(40)13-11-23(35(47)48)37-32(43)20-8-4-16-14-2-6-18-28-19(31(42)36(30(18)41)22(34(45)46)10-12-24(38)39)7-3-15(26(14)28)17-5-9-21(33(37)44)29(20)27(16)17/h2-9,22-23H,10-13H2,1H3,(H,38,39)(H,45,46)(H,47,48)/p-2. The number of fused-ring (bicyclic) bond motifs is 2. The zero-order chi connectivity index (χ0) is 35.0. The Morgan fingerprint density at radius 1 is 0.592 bits per heavy atom. The largest absolute Gasteiger partial charge is 0.548 e. The molecule has 1 N–H and O–H groups in total. The van der Waals surface area contributed by atoms with Crippen molar-refractivity contribution in [3.05, 3.63) is 70.8 Å². The number of nitrogens with zero attached hydrogens (tertiary/aromatic N) is 2. The van der Waals surface area contributed by atoms with Crippen LogP contribution in [0.25, 0.3) is 43.1 Å². The number of aliphatic carboxylic acids is 3. The van der Waals surface area contributed by atoms with E-state index in [0.717, 1.165) is 7.11 Å². The number of hydrogen-bond acceptors (Lipinski definition) is 11. The Balaban J connectivity index is 1.42. The van der Waals surface area contributed by atoms with E-state index in [1.807, 2.05) is 0 Å². The minimum atomic E-state index is -1.82. The minimum absolute atomic E-state index is 0.0205. The summed E-state index contributed by atoms with van der Waals surface area (Å²) in [5, 5.41) is 37.0. The van der Waals surface area contributed by atoms with Gasteiger partial charge in [-0.1, -0.05) is 24.3 Å². The first-order chi connectivity index (χ1) is 23.4. The summed E-state index contributed by atoms with van der Waals surface area (Å²) in [7, 11) is 1.12. The lowest BCUT2D eigenvalue weighted by atomic mass is 9.82. The number of carbonyl (C=O) groups excluding carboxylic acids is 7. The lowest BCUT2D eigenvalue weighted by Crippen LogP contribution is -2.54. The Bertz CT molecular complexity index is 2280. The molecule has 0 radical (unpaired) electrons. The number of amides is 4. The third-order valence-corrected chi connectivity index (χ3v) is 9.35. The highest BCUT2D eigenvalue weighted by atomic mass is 16.5. The van der Waals surface area contributed by atoms with Crippen molar-refractivity contribution in [2.75, 3.05) is 7.11 Å². The second-order valence-corrected chi connectivity index (χ2v) is 11.8. The van der Waals surface area contributed by atoms with E-state index in [0.29, 0.717) is 42.1 Å². The van der Waals surface area contributed by atoms with Gasteiger partial charge in [0.15, 0.2) is 0 Å². The first-order valence-electron chi connectivity index (χ1n) is 15.0. The van der Waals surface area contributed by atoms with Gasteiger partial charge in [-0.2, -0.15) is 0 Å². The smallest absolute Gasteiger partial charge is 0.305 e. The highest BCUT2D eigenvalue weighted by Crippen LogP contribution is 2.46. The van der Waals surface area contributed by atoms with Crippen molar-refractivity contribution in [3.63, 3.8) is 0 Å². The molecule has 2 atom stereocenters. The summed E-state index contributed by atoms with van der Waals surface area (Å²) in [6.07, 6.45) is -1.96. The fraction of sp³-hybridized carbons (Fsp3) is 0.200. The number of esters is 1. The fourth-order valence-electron chi connectivity index (χ4n) is 7.19. The second-order valence-electron chi connectivity index (χ2n) is 11.8. The van der Waals surface area contributed by atoms with Gasteiger partial charge in [-0.3, -0.25) is 38.6 Å². The van der Waals surface area contributed by atoms with Gasteiger partial charge in [0, 0.05) is 45.9 Å². The Hall–Kier alpha value is -6.44. The molecule has 2 aliphatic rings. The van der Waals surface area contributed by atoms with Gasteiger partial charge >= 0.3 is 11.9 Å². The maximum absolute atomic E-state index is 13.8. The zero-order valence-electron chi connectivity index (χ0n) is 25.4. The molecule has 0 fully saturated rings. The van der Waals surface area contributed by atoms with Crippen LogP contribution in [0.15, 0.2) is 48.5 Å². The summed E-state index contributed by atoms with van der Waals surface area (Å²) >= 11 is 0. The third-order valence-electron chi connectivity index (χ3n) is 9.35. The fourth-order valence-corrected chi connectivity index (χ4v) is 7.19. The number of ether oxygens (including phenoxy) is 1. The van der Waals surface area contributed by atoms with Crippen molar-refractivity contribution < 1.29 is 58.4 Å². The van der Waals surface area contributed by atoms with Crippen molar-refractivity contribution in [3.8, 4) is 0 Å². The molecular weight excluding hydrogens is 640 g/mol. The molecule has 2 heterocycles. The normalized spacial score (nSPS) is 15.4. The van der Waals surface area contributed by atoms with Crippen LogP contribution in [0.1, 0.15) is 67.1 Å². The number of benzene rings is 5. The Morgan fingerprint density at radius 3 is 1.20 bits per heavy atom. The van der Waals surface area contributed by atoms with Gasteiger partial charge in [0.25, 0.3) is 23.6 Å². The van der Waals surface area contributed by atoms with E-state index in [2.05, 4.69) is 4.74 Å². The molecule has 5 aromatic rings. The van der Waals surface area contributed by atoms with Crippen molar-refractivity contribution in [1.29, 1.82) is 0 Å². The van der Waals surface area contributed by atoms with Crippen molar-refractivity contribution in [2.45, 2.75) is 37.8 Å². The average molecular weight is 663 g/mol. The molecule has 4 amide bonds. The number of carbonyl (C=O) groups is 8. The van der Waals surface area contributed by atoms with Crippen LogP contribution in [0.4, 0.5) is 0 Å². The predicted octanol–water partition coefficient (Wildman–Crippen LogP) is 0.984. The van der Waals surface area contributed by atoms with Crippen LogP contribution in [0.2, 0.25) is 0 Å². The summed E-state index contributed by atoms with van der Waals surface area (Å²) in [6, 6.07) is 8.62. The molecule has 246 valence electrons. The number of carboxylic acid groups (broad SMARTS) is 3. The van der Waals surface area contributed by atoms with Gasteiger partial charge in [0.2, 0.25) is 0 Å². The van der Waals surface area contributed by atoms with Crippen molar-refractivity contribution >= 4 is 90.6 Å². The molecule has 0 aliphatic carbocycles. The van der Waals surface area contributed by atoms with Gasteiger partial charge in [-0.25, -0.2) is 0 Å². The number of carboxylic acids is 3. The minimum Gasteiger partial charge on any atom is -0.548 e. The summed E-state index contributed by atoms with van der Waals surface area (Å²) in [5.74, 6) is -9.17. The SMILES string of the molecule is COC(=O)CCC(C(=O)[O-])N1C(=O)c2ccc3c4ccc5c6c(ccc(c7ccc(c2c37)C1=O)c64)C(=O)N(C(CCC(=O)O)C(=O)[O-])C5=O. The van der Waals surface area contributed by atoms with Crippen LogP contribution in [0.5, 0.6) is 0 Å². The van der Waals surface area contributed by atoms with E-state index in [9.17, 15) is 48.6 Å². The monoisotopic (exact) mass is 662 g/mol. The Labute approximate surface area is 274 Å². The van der Waals surface area contributed by atoms with Crippen LogP contribution in [0, 0.1) is 0 Å². The number of rotatable bonds is 10. The molecule has 0 saturated carbocycles. The van der Waals surface area contributed by atoms with Crippen LogP contribution < -0.4 is 10.2 Å². The van der Waals surface area contributed by atoms with E-state index in [4.69, 9.17) is 5.11 Å². The van der Waals surface area contributed by atoms with Crippen LogP contribution in [0.3, 0.4) is 0 Å². The molecule has 5 aromatic carbocycles. The van der Waals surface area contributed by atoms with Crippen molar-refractivity contribution in [2.24, 2.45) is 0 Å². The molecule has 14 nitrogen and oxygen atoms in total. The van der Waals surface area contributed by atoms with Gasteiger partial charge in [0.1, 0.15) is 0 Å². The molecule has 0 saturated heterocycles. The second kappa shape index (κ2) is 11.1. The lowest BCUT2D eigenvalue weighted by Gasteiger charge is -2.35. The summed E-state index contributed by atoms with van der Waals surface area (Å²) in [4.78, 5) is 103. The Kier molecular flexibility index (Phi) is 7.05. The highest BCUT2D eigenvalue weighted by molar-refractivity contribution is 6.41. The van der Waals surface area contributed by atoms with E-state index in [-0.39, 0.29) is 39.4 Å². The van der Waals surface area contributed by atoms with Crippen LogP contribution >= 0.6 is 0 Å². The van der Waals surface area contributed by atoms with Gasteiger partial charge in [-0.15, -0.1) is 0 Å². The summed E-state index contributed by atoms with van der Waals surface area (Å²) < 4.78 is 4.58. The molecular formula is C35H22N2O12-2. The molecule has 2 aliphatic heterocycles. The number of methoxy groups -OCH3 is 1. The van der Waals surface area contributed by atoms with Gasteiger partial charge < -0.3 is 29.6 Å². The van der Waals surface area contributed by atoms with Crippen LogP contribution in [-0.4, -0.2) is 81.6 Å². The number of imide groups is 2. The zero-order valence-corrected chi connectivity index (χ0v) is 25.4. The summed E-state index contributed by atoms with van der Waals surface area (Å²) in [5.41, 5.74) is 0.132. The Morgan fingerprint density at radius 2 is 0.918 bits per heavy atom. The highest BCUT2D eigenvalue weighted by Gasteiger charge is 2.41. The van der Waals surface area contributed by atoms with E-state index in [1.54, 1.807) is 24.3 Å². The van der Waals surface area contributed by atoms with Crippen molar-refractivity contribution in [1.82, 2.24) is 9.80 Å². The predicted molar refractivity (Wildman–Crippen MR) is 164 cm³/mol. The average Bonchev–Trinajstić information content (AvgIpc) is 3.07. The first-order valence-corrected chi connectivity index (χ1v) is 15.0. The van der Waals surface area contributed by atoms with E-state index < -0.39 is 78.9 Å². The summed E-state index contributed by atoms with van der Waals surface area (Å²) in [6.45, 7) is 0. The molecule has 49 heavy (non-hydrogen) atoms. The van der Waals surface area contributed by atoms with E-state index >= 15 is 0 Å². The van der Waals surface area contributed by atoms with Crippen LogP contribution in [-0.2, 0) is 23.9 Å². The maximum atomic E-state index is 13.8. The number of hydrogen-bond donors (Lipinski definition) is 1. The maximum Gasteiger partial charge on any atom is 0.305 e. The molecule has 0 bridgehead atoms.